The summed E-state index contributed by atoms with van der Waals surface area (Å²) in [5, 5.41) is 3.10. The number of unbranched alkanes of at least 4 members (excludes halogenated alkanes) is 1. The molecule has 3 nitrogen and oxygen atoms in total. The van der Waals surface area contributed by atoms with Crippen LogP contribution in [-0.4, -0.2) is 17.0 Å². The van der Waals surface area contributed by atoms with E-state index in [0.29, 0.717) is 0 Å². The maximum Gasteiger partial charge on any atom is 0.161 e. The van der Waals surface area contributed by atoms with Crippen molar-refractivity contribution in [1.29, 1.82) is 0 Å². The Morgan fingerprint density at radius 1 is 1.11 bits per heavy atom. The summed E-state index contributed by atoms with van der Waals surface area (Å²) in [5.41, 5.74) is 2.17. The molecule has 0 aliphatic carbocycles. The SMILES string of the molecule is CCCCc1cc(NC)nc(-c2ccccc2)n1. The van der Waals surface area contributed by atoms with E-state index in [1.54, 1.807) is 0 Å². The predicted octanol–water partition coefficient (Wildman–Crippen LogP) is 3.53. The number of hydrogen-bond donors (Lipinski definition) is 1. The topological polar surface area (TPSA) is 37.8 Å². The fourth-order valence-electron chi connectivity index (χ4n) is 1.83. The molecule has 18 heavy (non-hydrogen) atoms. The Morgan fingerprint density at radius 3 is 2.56 bits per heavy atom. The number of anilines is 1. The Labute approximate surface area is 108 Å². The average Bonchev–Trinajstić information content (AvgIpc) is 2.45. The molecule has 0 radical (unpaired) electrons. The van der Waals surface area contributed by atoms with Gasteiger partial charge < -0.3 is 5.32 Å². The highest BCUT2D eigenvalue weighted by molar-refractivity contribution is 5.57. The van der Waals surface area contributed by atoms with Gasteiger partial charge in [-0.25, -0.2) is 9.97 Å². The van der Waals surface area contributed by atoms with E-state index in [-0.39, 0.29) is 0 Å². The lowest BCUT2D eigenvalue weighted by molar-refractivity contribution is 0.775. The van der Waals surface area contributed by atoms with Crippen LogP contribution in [0.4, 0.5) is 5.82 Å². The van der Waals surface area contributed by atoms with Crippen LogP contribution in [0.3, 0.4) is 0 Å². The predicted molar refractivity (Wildman–Crippen MR) is 75.6 cm³/mol. The zero-order valence-corrected chi connectivity index (χ0v) is 11.0. The van der Waals surface area contributed by atoms with Crippen molar-refractivity contribution < 1.29 is 0 Å². The summed E-state index contributed by atoms with van der Waals surface area (Å²) >= 11 is 0. The highest BCUT2D eigenvalue weighted by Crippen LogP contribution is 2.18. The minimum absolute atomic E-state index is 0.800. The number of aryl methyl sites for hydroxylation is 1. The summed E-state index contributed by atoms with van der Waals surface area (Å²) in [6.07, 6.45) is 3.35. The molecule has 0 fully saturated rings. The first kappa shape index (κ1) is 12.6. The summed E-state index contributed by atoms with van der Waals surface area (Å²) in [5.74, 6) is 1.68. The molecular formula is C15H19N3. The molecule has 0 saturated carbocycles. The van der Waals surface area contributed by atoms with Gasteiger partial charge in [0.25, 0.3) is 0 Å². The molecule has 0 bridgehead atoms. The fourth-order valence-corrected chi connectivity index (χ4v) is 1.83. The van der Waals surface area contributed by atoms with Crippen LogP contribution in [0.5, 0.6) is 0 Å². The van der Waals surface area contributed by atoms with Crippen LogP contribution in [0, 0.1) is 0 Å². The molecule has 3 heteroatoms. The van der Waals surface area contributed by atoms with Gasteiger partial charge in [-0.1, -0.05) is 43.7 Å². The fraction of sp³-hybridized carbons (Fsp3) is 0.333. The van der Waals surface area contributed by atoms with E-state index in [4.69, 9.17) is 0 Å². The van der Waals surface area contributed by atoms with Gasteiger partial charge in [0, 0.05) is 24.4 Å². The second-order valence-electron chi connectivity index (χ2n) is 4.29. The number of nitrogens with zero attached hydrogens (tertiary/aromatic N) is 2. The van der Waals surface area contributed by atoms with Gasteiger partial charge in [-0.15, -0.1) is 0 Å². The van der Waals surface area contributed by atoms with Gasteiger partial charge in [-0.2, -0.15) is 0 Å². The summed E-state index contributed by atoms with van der Waals surface area (Å²) in [6.45, 7) is 2.19. The normalized spacial score (nSPS) is 10.3. The van der Waals surface area contributed by atoms with Gasteiger partial charge in [0.1, 0.15) is 5.82 Å². The van der Waals surface area contributed by atoms with E-state index in [0.717, 1.165) is 35.7 Å². The number of hydrogen-bond acceptors (Lipinski definition) is 3. The van der Waals surface area contributed by atoms with Crippen LogP contribution in [0.2, 0.25) is 0 Å². The minimum atomic E-state index is 0.800. The van der Waals surface area contributed by atoms with Crippen molar-refractivity contribution in [2.24, 2.45) is 0 Å². The first-order valence-corrected chi connectivity index (χ1v) is 6.44. The van der Waals surface area contributed by atoms with Gasteiger partial charge >= 0.3 is 0 Å². The highest BCUT2D eigenvalue weighted by atomic mass is 15.0. The number of aromatic nitrogens is 2. The Bertz CT molecular complexity index is 494. The molecule has 1 aromatic carbocycles. The second kappa shape index (κ2) is 6.15. The van der Waals surface area contributed by atoms with E-state index in [1.165, 1.54) is 6.42 Å². The van der Waals surface area contributed by atoms with Crippen LogP contribution < -0.4 is 5.32 Å². The van der Waals surface area contributed by atoms with Crippen LogP contribution in [0.1, 0.15) is 25.5 Å². The summed E-state index contributed by atoms with van der Waals surface area (Å²) < 4.78 is 0. The summed E-state index contributed by atoms with van der Waals surface area (Å²) in [4.78, 5) is 9.15. The van der Waals surface area contributed by atoms with Crippen molar-refractivity contribution in [2.75, 3.05) is 12.4 Å². The number of rotatable bonds is 5. The van der Waals surface area contributed by atoms with E-state index < -0.39 is 0 Å². The lowest BCUT2D eigenvalue weighted by Crippen LogP contribution is -2.01. The molecule has 0 amide bonds. The van der Waals surface area contributed by atoms with E-state index in [1.807, 2.05) is 43.4 Å². The molecule has 1 N–H and O–H groups in total. The standard InChI is InChI=1S/C15H19N3/c1-3-4-10-13-11-14(16-2)18-15(17-13)12-8-6-5-7-9-12/h5-9,11H,3-4,10H2,1-2H3,(H,16,17,18). The molecule has 2 aromatic rings. The number of benzene rings is 1. The highest BCUT2D eigenvalue weighted by Gasteiger charge is 2.05. The first-order valence-electron chi connectivity index (χ1n) is 6.44. The molecule has 1 aromatic heterocycles. The molecule has 1 heterocycles. The minimum Gasteiger partial charge on any atom is -0.373 e. The maximum absolute atomic E-state index is 4.64. The first-order chi connectivity index (χ1) is 8.83. The van der Waals surface area contributed by atoms with E-state index >= 15 is 0 Å². The van der Waals surface area contributed by atoms with Crippen molar-refractivity contribution >= 4 is 5.82 Å². The van der Waals surface area contributed by atoms with Crippen molar-refractivity contribution in [2.45, 2.75) is 26.2 Å². The van der Waals surface area contributed by atoms with Crippen molar-refractivity contribution in [3.05, 3.63) is 42.1 Å². The molecule has 2 rings (SSSR count). The number of nitrogens with one attached hydrogen (secondary N) is 1. The molecule has 0 saturated heterocycles. The van der Waals surface area contributed by atoms with Crippen molar-refractivity contribution in [1.82, 2.24) is 9.97 Å². The lowest BCUT2D eigenvalue weighted by atomic mass is 10.1. The van der Waals surface area contributed by atoms with Crippen molar-refractivity contribution in [3.8, 4) is 11.4 Å². The second-order valence-corrected chi connectivity index (χ2v) is 4.29. The van der Waals surface area contributed by atoms with Crippen LogP contribution in [-0.2, 0) is 6.42 Å². The Kier molecular flexibility index (Phi) is 4.29. The monoisotopic (exact) mass is 241 g/mol. The molecular weight excluding hydrogens is 222 g/mol. The molecule has 0 unspecified atom stereocenters. The third kappa shape index (κ3) is 3.06. The summed E-state index contributed by atoms with van der Waals surface area (Å²) in [7, 11) is 1.89. The van der Waals surface area contributed by atoms with Crippen LogP contribution in [0.25, 0.3) is 11.4 Å². The maximum atomic E-state index is 4.64. The van der Waals surface area contributed by atoms with Gasteiger partial charge in [0.05, 0.1) is 0 Å². The van der Waals surface area contributed by atoms with Crippen LogP contribution >= 0.6 is 0 Å². The van der Waals surface area contributed by atoms with Crippen molar-refractivity contribution in [3.63, 3.8) is 0 Å². The molecule has 0 aliphatic heterocycles. The zero-order valence-electron chi connectivity index (χ0n) is 11.0. The zero-order chi connectivity index (χ0) is 12.8. The lowest BCUT2D eigenvalue weighted by Gasteiger charge is -2.07. The van der Waals surface area contributed by atoms with E-state index in [9.17, 15) is 0 Å². The molecule has 0 spiro atoms. The molecule has 0 atom stereocenters. The smallest absolute Gasteiger partial charge is 0.161 e. The Hall–Kier alpha value is -1.90. The van der Waals surface area contributed by atoms with Gasteiger partial charge in [0.15, 0.2) is 5.82 Å². The Balaban J connectivity index is 2.35. The van der Waals surface area contributed by atoms with Gasteiger partial charge in [-0.05, 0) is 12.8 Å². The van der Waals surface area contributed by atoms with Gasteiger partial charge in [0.2, 0.25) is 0 Å². The molecule has 0 aliphatic rings. The third-order valence-electron chi connectivity index (χ3n) is 2.85. The summed E-state index contributed by atoms with van der Waals surface area (Å²) in [6, 6.07) is 12.1. The largest absolute Gasteiger partial charge is 0.373 e. The van der Waals surface area contributed by atoms with Crippen LogP contribution in [0.15, 0.2) is 36.4 Å². The average molecular weight is 241 g/mol. The van der Waals surface area contributed by atoms with E-state index in [2.05, 4.69) is 22.2 Å². The van der Waals surface area contributed by atoms with Gasteiger partial charge in [-0.3, -0.25) is 0 Å². The molecule has 94 valence electrons. The quantitative estimate of drug-likeness (QED) is 0.870. The third-order valence-corrected chi connectivity index (χ3v) is 2.85. The Morgan fingerprint density at radius 2 is 1.89 bits per heavy atom.